The van der Waals surface area contributed by atoms with Crippen LogP contribution in [-0.4, -0.2) is 16.0 Å². The standard InChI is InChI=1S/C16H18ClN3/c1-11-18-7-6-13(20-11)10-19-14-8-12(9-14)15-4-2-3-5-16(15)17/h2-7,12,14,19H,8-10H2,1H3. The smallest absolute Gasteiger partial charge is 0.125 e. The van der Waals surface area contributed by atoms with Gasteiger partial charge in [0.1, 0.15) is 5.82 Å². The second-order valence-corrected chi connectivity index (χ2v) is 5.77. The topological polar surface area (TPSA) is 37.8 Å². The number of nitrogens with one attached hydrogen (secondary N) is 1. The quantitative estimate of drug-likeness (QED) is 0.935. The summed E-state index contributed by atoms with van der Waals surface area (Å²) >= 11 is 6.23. The predicted molar refractivity (Wildman–Crippen MR) is 80.8 cm³/mol. The molecular weight excluding hydrogens is 270 g/mol. The van der Waals surface area contributed by atoms with Crippen molar-refractivity contribution in [3.63, 3.8) is 0 Å². The first-order valence-electron chi connectivity index (χ1n) is 6.98. The lowest BCUT2D eigenvalue weighted by molar-refractivity contribution is 0.288. The summed E-state index contributed by atoms with van der Waals surface area (Å²) < 4.78 is 0. The molecule has 0 bridgehead atoms. The molecule has 1 N–H and O–H groups in total. The Bertz CT molecular complexity index is 594. The van der Waals surface area contributed by atoms with Crippen molar-refractivity contribution < 1.29 is 0 Å². The molecule has 0 saturated heterocycles. The maximum atomic E-state index is 6.23. The van der Waals surface area contributed by atoms with Crippen LogP contribution in [0.25, 0.3) is 0 Å². The van der Waals surface area contributed by atoms with E-state index < -0.39 is 0 Å². The normalized spacial score (nSPS) is 21.5. The van der Waals surface area contributed by atoms with Gasteiger partial charge in [0.25, 0.3) is 0 Å². The molecule has 1 aromatic heterocycles. The van der Waals surface area contributed by atoms with Gasteiger partial charge in [-0.05, 0) is 43.4 Å². The molecule has 0 unspecified atom stereocenters. The molecule has 4 heteroatoms. The molecule has 0 spiro atoms. The first kappa shape index (κ1) is 13.5. The Hall–Kier alpha value is -1.45. The van der Waals surface area contributed by atoms with E-state index in [9.17, 15) is 0 Å². The predicted octanol–water partition coefficient (Wildman–Crippen LogP) is 3.47. The van der Waals surface area contributed by atoms with Crippen LogP contribution >= 0.6 is 11.6 Å². The number of aryl methyl sites for hydroxylation is 1. The summed E-state index contributed by atoms with van der Waals surface area (Å²) in [6.45, 7) is 2.73. The Labute approximate surface area is 124 Å². The van der Waals surface area contributed by atoms with Crippen LogP contribution in [0, 0.1) is 6.92 Å². The summed E-state index contributed by atoms with van der Waals surface area (Å²) in [7, 11) is 0. The molecule has 1 aromatic carbocycles. The third-order valence-corrected chi connectivity index (χ3v) is 4.23. The molecule has 1 aliphatic rings. The van der Waals surface area contributed by atoms with Gasteiger partial charge in [-0.25, -0.2) is 9.97 Å². The number of aromatic nitrogens is 2. The molecule has 2 aromatic rings. The van der Waals surface area contributed by atoms with Crippen molar-refractivity contribution in [1.29, 1.82) is 0 Å². The average Bonchev–Trinajstić information content (AvgIpc) is 2.39. The lowest BCUT2D eigenvalue weighted by Crippen LogP contribution is -2.39. The van der Waals surface area contributed by atoms with Gasteiger partial charge in [-0.3, -0.25) is 0 Å². The Balaban J connectivity index is 1.50. The van der Waals surface area contributed by atoms with Crippen molar-refractivity contribution >= 4 is 11.6 Å². The zero-order chi connectivity index (χ0) is 13.9. The highest BCUT2D eigenvalue weighted by molar-refractivity contribution is 6.31. The van der Waals surface area contributed by atoms with Crippen LogP contribution in [0.2, 0.25) is 5.02 Å². The number of hydrogen-bond acceptors (Lipinski definition) is 3. The first-order valence-corrected chi connectivity index (χ1v) is 7.36. The van der Waals surface area contributed by atoms with Gasteiger partial charge in [0.15, 0.2) is 0 Å². The second-order valence-electron chi connectivity index (χ2n) is 5.36. The van der Waals surface area contributed by atoms with Gasteiger partial charge in [-0.15, -0.1) is 0 Å². The molecule has 1 heterocycles. The van der Waals surface area contributed by atoms with Crippen molar-refractivity contribution in [3.8, 4) is 0 Å². The molecule has 1 aliphatic carbocycles. The summed E-state index contributed by atoms with van der Waals surface area (Å²) in [6, 6.07) is 10.7. The van der Waals surface area contributed by atoms with Crippen LogP contribution in [0.1, 0.15) is 35.8 Å². The summed E-state index contributed by atoms with van der Waals surface area (Å²) in [4.78, 5) is 8.51. The average molecular weight is 288 g/mol. The highest BCUT2D eigenvalue weighted by Crippen LogP contribution is 2.39. The maximum absolute atomic E-state index is 6.23. The summed E-state index contributed by atoms with van der Waals surface area (Å²) in [6.07, 6.45) is 4.11. The molecule has 104 valence electrons. The second kappa shape index (κ2) is 5.90. The zero-order valence-corrected chi connectivity index (χ0v) is 12.3. The largest absolute Gasteiger partial charge is 0.308 e. The van der Waals surface area contributed by atoms with E-state index in [4.69, 9.17) is 11.6 Å². The van der Waals surface area contributed by atoms with E-state index in [0.717, 1.165) is 35.9 Å². The fraction of sp³-hybridized carbons (Fsp3) is 0.375. The Morgan fingerprint density at radius 3 is 2.80 bits per heavy atom. The number of nitrogens with zero attached hydrogens (tertiary/aromatic N) is 2. The van der Waals surface area contributed by atoms with Crippen LogP contribution in [-0.2, 0) is 6.54 Å². The van der Waals surface area contributed by atoms with E-state index >= 15 is 0 Å². The molecule has 1 saturated carbocycles. The van der Waals surface area contributed by atoms with Crippen LogP contribution in [0.3, 0.4) is 0 Å². The first-order chi connectivity index (χ1) is 9.72. The van der Waals surface area contributed by atoms with Gasteiger partial charge in [-0.1, -0.05) is 29.8 Å². The molecule has 1 fully saturated rings. The van der Waals surface area contributed by atoms with Crippen molar-refractivity contribution in [2.75, 3.05) is 0 Å². The van der Waals surface area contributed by atoms with E-state index in [-0.39, 0.29) is 0 Å². The lowest BCUT2D eigenvalue weighted by Gasteiger charge is -2.36. The third-order valence-electron chi connectivity index (χ3n) is 3.89. The van der Waals surface area contributed by atoms with Gasteiger partial charge in [0.05, 0.1) is 5.69 Å². The van der Waals surface area contributed by atoms with Crippen molar-refractivity contribution in [2.45, 2.75) is 38.3 Å². The summed E-state index contributed by atoms with van der Waals surface area (Å²) in [5.41, 5.74) is 2.34. The van der Waals surface area contributed by atoms with Crippen molar-refractivity contribution in [3.05, 3.63) is 58.6 Å². The van der Waals surface area contributed by atoms with E-state index in [2.05, 4.69) is 27.4 Å². The summed E-state index contributed by atoms with van der Waals surface area (Å²) in [5, 5.41) is 4.44. The molecule has 0 aliphatic heterocycles. The molecule has 3 rings (SSSR count). The van der Waals surface area contributed by atoms with Gasteiger partial charge in [-0.2, -0.15) is 0 Å². The Morgan fingerprint density at radius 2 is 2.05 bits per heavy atom. The van der Waals surface area contributed by atoms with Crippen molar-refractivity contribution in [2.24, 2.45) is 0 Å². The molecule has 0 amide bonds. The van der Waals surface area contributed by atoms with Gasteiger partial charge < -0.3 is 5.32 Å². The van der Waals surface area contributed by atoms with Crippen LogP contribution in [0.5, 0.6) is 0 Å². The van der Waals surface area contributed by atoms with Gasteiger partial charge in [0.2, 0.25) is 0 Å². The van der Waals surface area contributed by atoms with Crippen LogP contribution in [0.15, 0.2) is 36.5 Å². The van der Waals surface area contributed by atoms with E-state index in [0.29, 0.717) is 12.0 Å². The van der Waals surface area contributed by atoms with Gasteiger partial charge in [0, 0.05) is 23.8 Å². The van der Waals surface area contributed by atoms with Crippen LogP contribution in [0.4, 0.5) is 0 Å². The van der Waals surface area contributed by atoms with Gasteiger partial charge >= 0.3 is 0 Å². The van der Waals surface area contributed by atoms with Crippen LogP contribution < -0.4 is 5.32 Å². The molecular formula is C16H18ClN3. The highest BCUT2D eigenvalue weighted by atomic mass is 35.5. The van der Waals surface area contributed by atoms with E-state index in [1.54, 1.807) is 0 Å². The van der Waals surface area contributed by atoms with E-state index in [1.165, 1.54) is 5.56 Å². The fourth-order valence-corrected chi connectivity index (χ4v) is 2.99. The number of benzene rings is 1. The highest BCUT2D eigenvalue weighted by Gasteiger charge is 2.30. The minimum Gasteiger partial charge on any atom is -0.308 e. The lowest BCUT2D eigenvalue weighted by atomic mass is 9.76. The molecule has 0 atom stereocenters. The van der Waals surface area contributed by atoms with E-state index in [1.807, 2.05) is 31.3 Å². The Kier molecular flexibility index (Phi) is 3.99. The minimum absolute atomic E-state index is 0.562. The number of rotatable bonds is 4. The monoisotopic (exact) mass is 287 g/mol. The number of halogens is 1. The minimum atomic E-state index is 0.562. The zero-order valence-electron chi connectivity index (χ0n) is 11.5. The molecule has 3 nitrogen and oxygen atoms in total. The maximum Gasteiger partial charge on any atom is 0.125 e. The molecule has 0 radical (unpaired) electrons. The third kappa shape index (κ3) is 3.00. The number of hydrogen-bond donors (Lipinski definition) is 1. The SMILES string of the molecule is Cc1nccc(CNC2CC(c3ccccc3Cl)C2)n1. The molecule has 20 heavy (non-hydrogen) atoms. The summed E-state index contributed by atoms with van der Waals surface area (Å²) in [5.74, 6) is 1.42. The Morgan fingerprint density at radius 1 is 1.25 bits per heavy atom. The van der Waals surface area contributed by atoms with Crippen molar-refractivity contribution in [1.82, 2.24) is 15.3 Å². The fourth-order valence-electron chi connectivity index (χ4n) is 2.70.